The van der Waals surface area contributed by atoms with Gasteiger partial charge in [0.25, 0.3) is 5.91 Å². The van der Waals surface area contributed by atoms with E-state index in [1.807, 2.05) is 55.6 Å². The van der Waals surface area contributed by atoms with Crippen molar-refractivity contribution in [2.45, 2.75) is 6.92 Å². The lowest BCUT2D eigenvalue weighted by molar-refractivity contribution is 0.102. The van der Waals surface area contributed by atoms with Gasteiger partial charge in [0.15, 0.2) is 5.82 Å². The zero-order chi connectivity index (χ0) is 16.5. The van der Waals surface area contributed by atoms with Crippen LogP contribution in [0.3, 0.4) is 0 Å². The van der Waals surface area contributed by atoms with E-state index in [0.717, 1.165) is 16.6 Å². The number of anilines is 1. The molecule has 7 nitrogen and oxygen atoms in total. The van der Waals surface area contributed by atoms with E-state index in [0.29, 0.717) is 17.1 Å². The van der Waals surface area contributed by atoms with Crippen LogP contribution in [0.2, 0.25) is 0 Å². The standard InChI is InChI=1S/C17H14N6O/c1-11-20-21-22-23(11)15-4-2-3-14(10-15)19-17(24)13-5-6-16-12(9-13)7-8-18-16/h2-10,18H,1H3,(H,19,24). The van der Waals surface area contributed by atoms with Crippen molar-refractivity contribution in [2.75, 3.05) is 5.32 Å². The predicted octanol–water partition coefficient (Wildman–Crippen LogP) is 2.70. The van der Waals surface area contributed by atoms with Gasteiger partial charge in [-0.15, -0.1) is 5.10 Å². The molecular weight excluding hydrogens is 304 g/mol. The van der Waals surface area contributed by atoms with E-state index >= 15 is 0 Å². The van der Waals surface area contributed by atoms with E-state index in [-0.39, 0.29) is 5.91 Å². The molecule has 0 fully saturated rings. The van der Waals surface area contributed by atoms with Crippen molar-refractivity contribution in [3.63, 3.8) is 0 Å². The molecule has 0 saturated heterocycles. The number of aromatic nitrogens is 5. The van der Waals surface area contributed by atoms with Gasteiger partial charge in [-0.3, -0.25) is 4.79 Å². The Morgan fingerprint density at radius 3 is 2.92 bits per heavy atom. The smallest absolute Gasteiger partial charge is 0.255 e. The number of tetrazole rings is 1. The van der Waals surface area contributed by atoms with Crippen LogP contribution in [-0.4, -0.2) is 31.1 Å². The normalized spacial score (nSPS) is 10.9. The van der Waals surface area contributed by atoms with E-state index in [1.165, 1.54) is 0 Å². The van der Waals surface area contributed by atoms with Gasteiger partial charge in [-0.1, -0.05) is 6.07 Å². The number of hydrogen-bond acceptors (Lipinski definition) is 4. The highest BCUT2D eigenvalue weighted by atomic mass is 16.1. The number of rotatable bonds is 3. The van der Waals surface area contributed by atoms with Crippen LogP contribution in [0.5, 0.6) is 0 Å². The molecule has 0 aliphatic carbocycles. The fourth-order valence-corrected chi connectivity index (χ4v) is 2.58. The summed E-state index contributed by atoms with van der Waals surface area (Å²) < 4.78 is 1.61. The number of nitrogens with zero attached hydrogens (tertiary/aromatic N) is 4. The summed E-state index contributed by atoms with van der Waals surface area (Å²) in [6, 6.07) is 14.9. The van der Waals surface area contributed by atoms with Crippen molar-refractivity contribution in [3.8, 4) is 5.69 Å². The van der Waals surface area contributed by atoms with E-state index in [9.17, 15) is 4.79 Å². The molecule has 0 aliphatic heterocycles. The Hall–Kier alpha value is -3.48. The molecule has 7 heteroatoms. The Morgan fingerprint density at radius 1 is 1.17 bits per heavy atom. The molecule has 4 aromatic rings. The zero-order valence-electron chi connectivity index (χ0n) is 12.9. The van der Waals surface area contributed by atoms with E-state index in [4.69, 9.17) is 0 Å². The lowest BCUT2D eigenvalue weighted by Crippen LogP contribution is -2.12. The predicted molar refractivity (Wildman–Crippen MR) is 90.1 cm³/mol. The summed E-state index contributed by atoms with van der Waals surface area (Å²) in [5.41, 5.74) is 3.08. The molecule has 0 atom stereocenters. The summed E-state index contributed by atoms with van der Waals surface area (Å²) in [7, 11) is 0. The summed E-state index contributed by atoms with van der Waals surface area (Å²) in [6.07, 6.45) is 1.85. The van der Waals surface area contributed by atoms with Crippen molar-refractivity contribution in [1.29, 1.82) is 0 Å². The number of aryl methyl sites for hydroxylation is 1. The molecule has 2 aromatic heterocycles. The largest absolute Gasteiger partial charge is 0.361 e. The van der Waals surface area contributed by atoms with Gasteiger partial charge in [-0.05, 0) is 59.8 Å². The Morgan fingerprint density at radius 2 is 2.08 bits per heavy atom. The van der Waals surface area contributed by atoms with Crippen LogP contribution in [0.4, 0.5) is 5.69 Å². The summed E-state index contributed by atoms with van der Waals surface area (Å²) >= 11 is 0. The minimum atomic E-state index is -0.163. The Kier molecular flexibility index (Phi) is 3.31. The Labute approximate surface area is 137 Å². The first-order valence-electron chi connectivity index (χ1n) is 7.45. The van der Waals surface area contributed by atoms with E-state index < -0.39 is 0 Å². The fourth-order valence-electron chi connectivity index (χ4n) is 2.58. The Balaban J connectivity index is 1.60. The van der Waals surface area contributed by atoms with Crippen LogP contribution in [0.15, 0.2) is 54.7 Å². The molecule has 24 heavy (non-hydrogen) atoms. The van der Waals surface area contributed by atoms with Gasteiger partial charge in [0.05, 0.1) is 5.69 Å². The highest BCUT2D eigenvalue weighted by molar-refractivity contribution is 6.06. The molecule has 4 rings (SSSR count). The summed E-state index contributed by atoms with van der Waals surface area (Å²) in [5, 5.41) is 15.3. The third-order valence-corrected chi connectivity index (χ3v) is 3.79. The van der Waals surface area contributed by atoms with E-state index in [2.05, 4.69) is 25.8 Å². The van der Waals surface area contributed by atoms with Crippen molar-refractivity contribution in [2.24, 2.45) is 0 Å². The highest BCUT2D eigenvalue weighted by Gasteiger charge is 2.09. The molecule has 0 saturated carbocycles. The van der Waals surface area contributed by atoms with Crippen LogP contribution in [0, 0.1) is 6.92 Å². The quantitative estimate of drug-likeness (QED) is 0.608. The van der Waals surface area contributed by atoms with Gasteiger partial charge >= 0.3 is 0 Å². The molecule has 2 N–H and O–H groups in total. The molecule has 2 aromatic carbocycles. The monoisotopic (exact) mass is 318 g/mol. The molecule has 118 valence electrons. The third-order valence-electron chi connectivity index (χ3n) is 3.79. The second-order valence-corrected chi connectivity index (χ2v) is 5.42. The van der Waals surface area contributed by atoms with Gasteiger partial charge in [0.1, 0.15) is 0 Å². The summed E-state index contributed by atoms with van der Waals surface area (Å²) in [5.74, 6) is 0.514. The molecular formula is C17H14N6O. The lowest BCUT2D eigenvalue weighted by atomic mass is 10.1. The van der Waals surface area contributed by atoms with Gasteiger partial charge in [0, 0.05) is 28.4 Å². The first-order valence-corrected chi connectivity index (χ1v) is 7.45. The summed E-state index contributed by atoms with van der Waals surface area (Å²) in [6.45, 7) is 1.82. The molecule has 0 spiro atoms. The van der Waals surface area contributed by atoms with Crippen molar-refractivity contribution in [3.05, 3.63) is 66.1 Å². The molecule has 0 bridgehead atoms. The maximum Gasteiger partial charge on any atom is 0.255 e. The number of carbonyl (C=O) groups excluding carboxylic acids is 1. The maximum absolute atomic E-state index is 12.5. The van der Waals surface area contributed by atoms with Crippen LogP contribution < -0.4 is 5.32 Å². The SMILES string of the molecule is Cc1nnnn1-c1cccc(NC(=O)c2ccc3[nH]ccc3c2)c1. The average molecular weight is 318 g/mol. The molecule has 0 unspecified atom stereocenters. The molecule has 0 radical (unpaired) electrons. The summed E-state index contributed by atoms with van der Waals surface area (Å²) in [4.78, 5) is 15.6. The number of fused-ring (bicyclic) bond motifs is 1. The number of carbonyl (C=O) groups is 1. The molecule has 1 amide bonds. The number of nitrogens with one attached hydrogen (secondary N) is 2. The Bertz CT molecular complexity index is 1030. The van der Waals surface area contributed by atoms with Crippen LogP contribution >= 0.6 is 0 Å². The first kappa shape index (κ1) is 14.1. The van der Waals surface area contributed by atoms with Crippen LogP contribution in [-0.2, 0) is 0 Å². The highest BCUT2D eigenvalue weighted by Crippen LogP contribution is 2.18. The van der Waals surface area contributed by atoms with Gasteiger partial charge < -0.3 is 10.3 Å². The zero-order valence-corrected chi connectivity index (χ0v) is 12.9. The third kappa shape index (κ3) is 2.52. The van der Waals surface area contributed by atoms with E-state index in [1.54, 1.807) is 10.7 Å². The number of benzene rings is 2. The second kappa shape index (κ2) is 5.62. The van der Waals surface area contributed by atoms with Gasteiger partial charge in [0.2, 0.25) is 0 Å². The second-order valence-electron chi connectivity index (χ2n) is 5.42. The van der Waals surface area contributed by atoms with Crippen LogP contribution in [0.1, 0.15) is 16.2 Å². The minimum absolute atomic E-state index is 0.163. The molecule has 0 aliphatic rings. The first-order chi connectivity index (χ1) is 11.7. The topological polar surface area (TPSA) is 88.5 Å². The minimum Gasteiger partial charge on any atom is -0.361 e. The maximum atomic E-state index is 12.5. The lowest BCUT2D eigenvalue weighted by Gasteiger charge is -2.08. The van der Waals surface area contributed by atoms with Crippen molar-refractivity contribution < 1.29 is 4.79 Å². The van der Waals surface area contributed by atoms with Crippen LogP contribution in [0.25, 0.3) is 16.6 Å². The van der Waals surface area contributed by atoms with Crippen molar-refractivity contribution >= 4 is 22.5 Å². The van der Waals surface area contributed by atoms with Gasteiger partial charge in [-0.2, -0.15) is 4.68 Å². The fraction of sp³-hybridized carbons (Fsp3) is 0.0588. The molecule has 2 heterocycles. The number of H-pyrrole nitrogens is 1. The number of aromatic amines is 1. The number of hydrogen-bond donors (Lipinski definition) is 2. The number of amides is 1. The van der Waals surface area contributed by atoms with Gasteiger partial charge in [-0.25, -0.2) is 0 Å². The average Bonchev–Trinajstić information content (AvgIpc) is 3.22. The van der Waals surface area contributed by atoms with Crippen molar-refractivity contribution in [1.82, 2.24) is 25.2 Å².